The second-order valence-corrected chi connectivity index (χ2v) is 3.95. The van der Waals surface area contributed by atoms with Crippen molar-refractivity contribution in [3.63, 3.8) is 0 Å². The Bertz CT molecular complexity index is 542. The minimum Gasteiger partial charge on any atom is -0.489 e. The molecule has 0 bridgehead atoms. The Morgan fingerprint density at radius 1 is 1.19 bits per heavy atom. The van der Waals surface area contributed by atoms with Gasteiger partial charge in [0.05, 0.1) is 12.1 Å². The van der Waals surface area contributed by atoms with Crippen molar-refractivity contribution in [3.8, 4) is 5.75 Å². The lowest BCUT2D eigenvalue weighted by Gasteiger charge is -2.10. The molecule has 2 amide bonds. The highest BCUT2D eigenvalue weighted by Crippen LogP contribution is 2.17. The van der Waals surface area contributed by atoms with Gasteiger partial charge >= 0.3 is 5.97 Å². The van der Waals surface area contributed by atoms with E-state index in [0.29, 0.717) is 5.75 Å². The molecule has 1 rings (SSSR count). The Balaban J connectivity index is 2.57. The van der Waals surface area contributed by atoms with Crippen molar-refractivity contribution < 1.29 is 24.2 Å². The van der Waals surface area contributed by atoms with Crippen molar-refractivity contribution in [2.75, 3.05) is 19.7 Å². The minimum atomic E-state index is -1.15. The van der Waals surface area contributed by atoms with E-state index in [1.54, 1.807) is 30.3 Å². The Morgan fingerprint density at radius 2 is 1.90 bits per heavy atom. The van der Waals surface area contributed by atoms with Crippen molar-refractivity contribution in [2.24, 2.45) is 0 Å². The summed E-state index contributed by atoms with van der Waals surface area (Å²) in [4.78, 5) is 33.5. The number of amides is 2. The summed E-state index contributed by atoms with van der Waals surface area (Å²) >= 11 is 0. The summed E-state index contributed by atoms with van der Waals surface area (Å²) in [6.45, 7) is 2.96. The number of carbonyl (C=O) groups is 3. The lowest BCUT2D eigenvalue weighted by atomic mass is 10.2. The van der Waals surface area contributed by atoms with Gasteiger partial charge in [0.1, 0.15) is 18.9 Å². The Morgan fingerprint density at radius 3 is 2.57 bits per heavy atom. The number of benzene rings is 1. The summed E-state index contributed by atoms with van der Waals surface area (Å²) in [5.41, 5.74) is 0.283. The van der Waals surface area contributed by atoms with E-state index < -0.39 is 24.3 Å². The number of carbonyl (C=O) groups excluding carboxylic acids is 2. The molecular formula is C14H16N2O5. The fraction of sp³-hybridized carbons (Fsp3) is 0.214. The van der Waals surface area contributed by atoms with Gasteiger partial charge < -0.3 is 20.5 Å². The Labute approximate surface area is 121 Å². The molecule has 0 saturated carbocycles. The fourth-order valence-electron chi connectivity index (χ4n) is 1.42. The third-order valence-corrected chi connectivity index (χ3v) is 2.33. The maximum atomic E-state index is 12.0. The van der Waals surface area contributed by atoms with Crippen LogP contribution in [0.25, 0.3) is 0 Å². The first kappa shape index (κ1) is 16.2. The van der Waals surface area contributed by atoms with Crippen molar-refractivity contribution in [1.29, 1.82) is 0 Å². The van der Waals surface area contributed by atoms with Crippen LogP contribution < -0.4 is 15.4 Å². The first-order valence-corrected chi connectivity index (χ1v) is 6.14. The molecule has 0 atom stereocenters. The van der Waals surface area contributed by atoms with E-state index in [0.717, 1.165) is 0 Å². The van der Waals surface area contributed by atoms with Crippen molar-refractivity contribution in [1.82, 2.24) is 10.6 Å². The van der Waals surface area contributed by atoms with E-state index in [-0.39, 0.29) is 18.7 Å². The molecule has 3 N–H and O–H groups in total. The monoisotopic (exact) mass is 292 g/mol. The summed E-state index contributed by atoms with van der Waals surface area (Å²) in [5.74, 6) is -1.85. The average Bonchev–Trinajstić information content (AvgIpc) is 2.48. The molecule has 1 aromatic carbocycles. The molecular weight excluding hydrogens is 276 g/mol. The third kappa shape index (κ3) is 5.77. The quantitative estimate of drug-likeness (QED) is 0.593. The zero-order valence-corrected chi connectivity index (χ0v) is 11.3. The van der Waals surface area contributed by atoms with Gasteiger partial charge in [-0.25, -0.2) is 0 Å². The van der Waals surface area contributed by atoms with Crippen LogP contribution in [0.1, 0.15) is 10.4 Å². The lowest BCUT2D eigenvalue weighted by molar-refractivity contribution is -0.137. The van der Waals surface area contributed by atoms with Crippen molar-refractivity contribution >= 4 is 17.8 Å². The van der Waals surface area contributed by atoms with Crippen LogP contribution >= 0.6 is 0 Å². The molecule has 0 aliphatic heterocycles. The summed E-state index contributed by atoms with van der Waals surface area (Å²) in [5, 5.41) is 12.9. The fourth-order valence-corrected chi connectivity index (χ4v) is 1.42. The highest BCUT2D eigenvalue weighted by Gasteiger charge is 2.13. The van der Waals surface area contributed by atoms with Crippen molar-refractivity contribution in [2.45, 2.75) is 0 Å². The predicted octanol–water partition coefficient (Wildman–Crippen LogP) is 0.182. The molecule has 112 valence electrons. The molecule has 0 radical (unpaired) electrons. The SMILES string of the molecule is C=CCOc1ccccc1C(=O)NCC(=O)NCC(=O)O. The first-order chi connectivity index (χ1) is 10.0. The third-order valence-electron chi connectivity index (χ3n) is 2.33. The van der Waals surface area contributed by atoms with E-state index in [4.69, 9.17) is 9.84 Å². The maximum Gasteiger partial charge on any atom is 0.322 e. The smallest absolute Gasteiger partial charge is 0.322 e. The number of aliphatic carboxylic acids is 1. The van der Waals surface area contributed by atoms with Gasteiger partial charge in [0.2, 0.25) is 5.91 Å². The second kappa shape index (κ2) is 8.36. The van der Waals surface area contributed by atoms with E-state index >= 15 is 0 Å². The standard InChI is InChI=1S/C14H16N2O5/c1-2-7-21-11-6-4-3-5-10(11)14(20)16-8-12(17)15-9-13(18)19/h2-6H,1,7-9H2,(H,15,17)(H,16,20)(H,18,19). The number of carboxylic acid groups (broad SMARTS) is 1. The topological polar surface area (TPSA) is 105 Å². The van der Waals surface area contributed by atoms with Crippen LogP contribution in [0.15, 0.2) is 36.9 Å². The second-order valence-electron chi connectivity index (χ2n) is 3.95. The number of carboxylic acids is 1. The molecule has 7 heteroatoms. The van der Waals surface area contributed by atoms with E-state index in [1.807, 2.05) is 0 Å². The highest BCUT2D eigenvalue weighted by atomic mass is 16.5. The van der Waals surface area contributed by atoms with Gasteiger partial charge in [-0.05, 0) is 12.1 Å². The molecule has 7 nitrogen and oxygen atoms in total. The van der Waals surface area contributed by atoms with Crippen LogP contribution in [0, 0.1) is 0 Å². The zero-order valence-electron chi connectivity index (χ0n) is 11.3. The number of para-hydroxylation sites is 1. The molecule has 0 aliphatic carbocycles. The lowest BCUT2D eigenvalue weighted by Crippen LogP contribution is -2.39. The van der Waals surface area contributed by atoms with Crippen LogP contribution in [0.5, 0.6) is 5.75 Å². The molecule has 21 heavy (non-hydrogen) atoms. The molecule has 0 aromatic heterocycles. The van der Waals surface area contributed by atoms with Gasteiger partial charge in [-0.1, -0.05) is 24.8 Å². The zero-order chi connectivity index (χ0) is 15.7. The van der Waals surface area contributed by atoms with Gasteiger partial charge in [0.25, 0.3) is 5.91 Å². The molecule has 0 saturated heterocycles. The molecule has 0 fully saturated rings. The normalized spacial score (nSPS) is 9.52. The molecule has 1 aromatic rings. The summed E-state index contributed by atoms with van der Waals surface area (Å²) in [6, 6.07) is 6.57. The number of hydrogen-bond acceptors (Lipinski definition) is 4. The van der Waals surface area contributed by atoms with Gasteiger partial charge in [-0.3, -0.25) is 14.4 Å². The van der Waals surface area contributed by atoms with Crippen LogP contribution in [0.4, 0.5) is 0 Å². The van der Waals surface area contributed by atoms with E-state index in [9.17, 15) is 14.4 Å². The van der Waals surface area contributed by atoms with E-state index in [1.165, 1.54) is 0 Å². The number of ether oxygens (including phenoxy) is 1. The summed E-state index contributed by atoms with van der Waals surface area (Å²) in [6.07, 6.45) is 1.55. The Kier molecular flexibility index (Phi) is 6.46. The summed E-state index contributed by atoms with van der Waals surface area (Å²) < 4.78 is 5.34. The first-order valence-electron chi connectivity index (χ1n) is 6.14. The van der Waals surface area contributed by atoms with Crippen LogP contribution in [0.2, 0.25) is 0 Å². The maximum absolute atomic E-state index is 12.0. The van der Waals surface area contributed by atoms with E-state index in [2.05, 4.69) is 17.2 Å². The van der Waals surface area contributed by atoms with Gasteiger partial charge in [-0.2, -0.15) is 0 Å². The van der Waals surface area contributed by atoms with Crippen molar-refractivity contribution in [3.05, 3.63) is 42.5 Å². The summed E-state index contributed by atoms with van der Waals surface area (Å²) in [7, 11) is 0. The number of nitrogens with one attached hydrogen (secondary N) is 2. The van der Waals surface area contributed by atoms with Gasteiger partial charge in [0, 0.05) is 0 Å². The molecule has 0 unspecified atom stereocenters. The predicted molar refractivity (Wildman–Crippen MR) is 75.1 cm³/mol. The molecule has 0 heterocycles. The number of hydrogen-bond donors (Lipinski definition) is 3. The van der Waals surface area contributed by atoms with Crippen LogP contribution in [-0.4, -0.2) is 42.6 Å². The average molecular weight is 292 g/mol. The number of rotatable bonds is 8. The molecule has 0 aliphatic rings. The molecule has 0 spiro atoms. The van der Waals surface area contributed by atoms with Crippen LogP contribution in [0.3, 0.4) is 0 Å². The van der Waals surface area contributed by atoms with Crippen LogP contribution in [-0.2, 0) is 9.59 Å². The van der Waals surface area contributed by atoms with Gasteiger partial charge in [-0.15, -0.1) is 0 Å². The Hall–Kier alpha value is -2.83. The highest BCUT2D eigenvalue weighted by molar-refractivity contribution is 5.98. The minimum absolute atomic E-state index is 0.253. The van der Waals surface area contributed by atoms with Gasteiger partial charge in [0.15, 0.2) is 0 Å². The largest absolute Gasteiger partial charge is 0.489 e.